The Hall–Kier alpha value is -3.24. The number of aryl methyl sites for hydroxylation is 1. The van der Waals surface area contributed by atoms with Gasteiger partial charge in [0.2, 0.25) is 5.82 Å². The molecule has 10 heteroatoms. The lowest BCUT2D eigenvalue weighted by Gasteiger charge is -2.26. The van der Waals surface area contributed by atoms with E-state index in [1.807, 2.05) is 0 Å². The first kappa shape index (κ1) is 19.1. The quantitative estimate of drug-likeness (QED) is 0.635. The van der Waals surface area contributed by atoms with Crippen molar-refractivity contribution < 1.29 is 18.8 Å². The lowest BCUT2D eigenvalue weighted by molar-refractivity contribution is 0.0383. The Balaban J connectivity index is 1.49. The highest BCUT2D eigenvalue weighted by Gasteiger charge is 2.22. The van der Waals surface area contributed by atoms with Crippen molar-refractivity contribution in [1.29, 1.82) is 0 Å². The molecule has 152 valence electrons. The highest BCUT2D eigenvalue weighted by atomic mass is 16.5. The maximum Gasteiger partial charge on any atom is 0.293 e. The van der Waals surface area contributed by atoms with Gasteiger partial charge in [-0.05, 0) is 19.1 Å². The number of aromatic nitrogens is 3. The summed E-state index contributed by atoms with van der Waals surface area (Å²) in [5.74, 6) is 0.162. The van der Waals surface area contributed by atoms with Crippen LogP contribution < -0.4 is 10.6 Å². The van der Waals surface area contributed by atoms with Gasteiger partial charge >= 0.3 is 0 Å². The van der Waals surface area contributed by atoms with Crippen LogP contribution in [-0.2, 0) is 4.74 Å². The normalized spacial score (nSPS) is 14.8. The smallest absolute Gasteiger partial charge is 0.293 e. The number of morpholine rings is 1. The zero-order valence-corrected chi connectivity index (χ0v) is 16.1. The van der Waals surface area contributed by atoms with Crippen molar-refractivity contribution in [3.63, 3.8) is 0 Å². The van der Waals surface area contributed by atoms with Crippen molar-refractivity contribution in [3.05, 3.63) is 47.7 Å². The third kappa shape index (κ3) is 4.28. The Labute approximate surface area is 166 Å². The predicted molar refractivity (Wildman–Crippen MR) is 104 cm³/mol. The van der Waals surface area contributed by atoms with E-state index in [4.69, 9.17) is 9.26 Å². The van der Waals surface area contributed by atoms with E-state index in [0.717, 1.165) is 19.6 Å². The minimum atomic E-state index is -0.480. The minimum absolute atomic E-state index is 0.0968. The van der Waals surface area contributed by atoms with E-state index in [0.29, 0.717) is 31.0 Å². The number of anilines is 1. The number of rotatable bonds is 6. The Bertz CT molecular complexity index is 1020. The largest absolute Gasteiger partial charge is 0.379 e. The number of imidazole rings is 1. The number of hydrogen-bond acceptors (Lipinski definition) is 7. The summed E-state index contributed by atoms with van der Waals surface area (Å²) in [6, 6.07) is 6.92. The number of carbonyl (C=O) groups is 2. The zero-order chi connectivity index (χ0) is 20.2. The molecule has 4 heterocycles. The first-order valence-electron chi connectivity index (χ1n) is 9.42. The molecule has 3 aromatic rings. The van der Waals surface area contributed by atoms with Gasteiger partial charge in [-0.15, -0.1) is 0 Å². The van der Waals surface area contributed by atoms with E-state index < -0.39 is 5.91 Å². The molecule has 0 aromatic carbocycles. The molecule has 0 bridgehead atoms. The summed E-state index contributed by atoms with van der Waals surface area (Å²) in [6.07, 6.45) is 1.69. The fraction of sp³-hybridized carbons (Fsp3) is 0.368. The number of pyridine rings is 1. The monoisotopic (exact) mass is 398 g/mol. The zero-order valence-electron chi connectivity index (χ0n) is 16.1. The van der Waals surface area contributed by atoms with Gasteiger partial charge in [0.25, 0.3) is 11.8 Å². The molecule has 2 amide bonds. The van der Waals surface area contributed by atoms with Crippen LogP contribution in [0.15, 0.2) is 35.0 Å². The Morgan fingerprint density at radius 3 is 2.79 bits per heavy atom. The average molecular weight is 398 g/mol. The van der Waals surface area contributed by atoms with E-state index >= 15 is 0 Å². The van der Waals surface area contributed by atoms with Gasteiger partial charge in [0.1, 0.15) is 5.76 Å². The van der Waals surface area contributed by atoms with Crippen LogP contribution >= 0.6 is 0 Å². The van der Waals surface area contributed by atoms with Gasteiger partial charge in [0, 0.05) is 38.4 Å². The molecular formula is C19H22N6O4. The van der Waals surface area contributed by atoms with E-state index in [1.165, 1.54) is 0 Å². The fourth-order valence-corrected chi connectivity index (χ4v) is 3.20. The second-order valence-corrected chi connectivity index (χ2v) is 6.73. The first-order chi connectivity index (χ1) is 14.1. The van der Waals surface area contributed by atoms with Gasteiger partial charge in [0.05, 0.1) is 18.7 Å². The van der Waals surface area contributed by atoms with Crippen LogP contribution in [0.2, 0.25) is 0 Å². The van der Waals surface area contributed by atoms with Crippen LogP contribution in [-0.4, -0.2) is 70.6 Å². The molecular weight excluding hydrogens is 376 g/mol. The van der Waals surface area contributed by atoms with E-state index in [9.17, 15) is 9.59 Å². The van der Waals surface area contributed by atoms with Crippen LogP contribution in [0.4, 0.5) is 5.82 Å². The maximum absolute atomic E-state index is 12.7. The molecule has 1 fully saturated rings. The number of nitrogens with one attached hydrogen (secondary N) is 2. The number of ether oxygens (including phenoxy) is 1. The van der Waals surface area contributed by atoms with Crippen LogP contribution in [0.3, 0.4) is 0 Å². The molecule has 0 unspecified atom stereocenters. The molecule has 1 saturated heterocycles. The molecule has 1 aliphatic rings. The van der Waals surface area contributed by atoms with Gasteiger partial charge in [-0.25, -0.2) is 4.98 Å². The van der Waals surface area contributed by atoms with E-state index in [2.05, 4.69) is 25.7 Å². The van der Waals surface area contributed by atoms with Gasteiger partial charge in [0.15, 0.2) is 11.5 Å². The lowest BCUT2D eigenvalue weighted by Crippen LogP contribution is -2.41. The number of hydrogen-bond donors (Lipinski definition) is 2. The fourth-order valence-electron chi connectivity index (χ4n) is 3.20. The van der Waals surface area contributed by atoms with Gasteiger partial charge in [-0.2, -0.15) is 0 Å². The van der Waals surface area contributed by atoms with E-state index in [1.54, 1.807) is 41.8 Å². The van der Waals surface area contributed by atoms with Gasteiger partial charge in [-0.3, -0.25) is 18.9 Å². The number of carbonyl (C=O) groups excluding carboxylic acids is 2. The molecule has 3 aromatic heterocycles. The Morgan fingerprint density at radius 1 is 1.21 bits per heavy atom. The standard InChI is InChI=1S/C19H22N6O4/c1-13-12-15(23-29-13)21-19(27)17-22-16(14-4-2-3-6-25(14)17)18(26)20-5-7-24-8-10-28-11-9-24/h2-4,6,12H,5,7-11H2,1H3,(H,20,26)(H,21,23,27). The number of nitrogens with zero attached hydrogens (tertiary/aromatic N) is 4. The first-order valence-corrected chi connectivity index (χ1v) is 9.42. The second kappa shape index (κ2) is 8.41. The molecule has 0 radical (unpaired) electrons. The van der Waals surface area contributed by atoms with Crippen molar-refractivity contribution in [2.75, 3.05) is 44.7 Å². The van der Waals surface area contributed by atoms with Crippen LogP contribution in [0.5, 0.6) is 0 Å². The lowest BCUT2D eigenvalue weighted by atomic mass is 10.3. The topological polar surface area (TPSA) is 114 Å². The van der Waals surface area contributed by atoms with E-state index in [-0.39, 0.29) is 23.2 Å². The Kier molecular flexibility index (Phi) is 5.54. The average Bonchev–Trinajstić information content (AvgIpc) is 3.32. The molecule has 10 nitrogen and oxygen atoms in total. The van der Waals surface area contributed by atoms with Crippen molar-refractivity contribution in [3.8, 4) is 0 Å². The summed E-state index contributed by atoms with van der Waals surface area (Å²) < 4.78 is 11.9. The summed E-state index contributed by atoms with van der Waals surface area (Å²) in [4.78, 5) is 31.9. The molecule has 0 aliphatic carbocycles. The molecule has 0 atom stereocenters. The highest BCUT2D eigenvalue weighted by Crippen LogP contribution is 2.15. The third-order valence-electron chi connectivity index (χ3n) is 4.65. The van der Waals surface area contributed by atoms with Crippen LogP contribution in [0.1, 0.15) is 26.9 Å². The van der Waals surface area contributed by atoms with Crippen molar-refractivity contribution in [2.45, 2.75) is 6.92 Å². The highest BCUT2D eigenvalue weighted by molar-refractivity contribution is 6.05. The van der Waals surface area contributed by atoms with Crippen molar-refractivity contribution in [2.24, 2.45) is 0 Å². The molecule has 0 saturated carbocycles. The maximum atomic E-state index is 12.7. The summed E-state index contributed by atoms with van der Waals surface area (Å²) in [7, 11) is 0. The third-order valence-corrected chi connectivity index (χ3v) is 4.65. The summed E-state index contributed by atoms with van der Waals surface area (Å²) in [5, 5.41) is 9.27. The molecule has 29 heavy (non-hydrogen) atoms. The number of fused-ring (bicyclic) bond motifs is 1. The summed E-state index contributed by atoms with van der Waals surface area (Å²) >= 11 is 0. The predicted octanol–water partition coefficient (Wildman–Crippen LogP) is 0.945. The summed E-state index contributed by atoms with van der Waals surface area (Å²) in [6.45, 7) is 6.09. The van der Waals surface area contributed by atoms with Crippen molar-refractivity contribution >= 4 is 23.1 Å². The second-order valence-electron chi connectivity index (χ2n) is 6.73. The summed E-state index contributed by atoms with van der Waals surface area (Å²) in [5.41, 5.74) is 0.756. The number of amides is 2. The van der Waals surface area contributed by atoms with Gasteiger partial charge in [-0.1, -0.05) is 11.2 Å². The SMILES string of the molecule is Cc1cc(NC(=O)c2nc(C(=O)NCCN3CCOCC3)c3ccccn23)no1. The van der Waals surface area contributed by atoms with Crippen LogP contribution in [0, 0.1) is 6.92 Å². The molecule has 2 N–H and O–H groups in total. The Morgan fingerprint density at radius 2 is 2.03 bits per heavy atom. The minimum Gasteiger partial charge on any atom is -0.379 e. The molecule has 0 spiro atoms. The van der Waals surface area contributed by atoms with Crippen LogP contribution in [0.25, 0.3) is 5.52 Å². The molecule has 1 aliphatic heterocycles. The van der Waals surface area contributed by atoms with Crippen molar-refractivity contribution in [1.82, 2.24) is 24.8 Å². The molecule has 4 rings (SSSR count). The van der Waals surface area contributed by atoms with Gasteiger partial charge < -0.3 is 19.9 Å².